The van der Waals surface area contributed by atoms with E-state index in [1.54, 1.807) is 11.3 Å². The van der Waals surface area contributed by atoms with Gasteiger partial charge < -0.3 is 5.11 Å². The van der Waals surface area contributed by atoms with Crippen molar-refractivity contribution in [3.05, 3.63) is 58.3 Å². The summed E-state index contributed by atoms with van der Waals surface area (Å²) in [6, 6.07) is 12.1. The van der Waals surface area contributed by atoms with Gasteiger partial charge in [-0.25, -0.2) is 0 Å². The molecule has 0 saturated carbocycles. The normalized spacial score (nSPS) is 12.8. The Labute approximate surface area is 119 Å². The van der Waals surface area contributed by atoms with Crippen molar-refractivity contribution < 1.29 is 5.11 Å². The molecule has 2 rings (SSSR count). The van der Waals surface area contributed by atoms with Gasteiger partial charge in [-0.15, -0.1) is 0 Å². The van der Waals surface area contributed by atoms with E-state index in [1.165, 1.54) is 5.56 Å². The predicted molar refractivity (Wildman–Crippen MR) is 81.3 cm³/mol. The zero-order chi connectivity index (χ0) is 13.5. The average molecular weight is 275 g/mol. The first-order valence-corrected chi connectivity index (χ1v) is 7.70. The topological polar surface area (TPSA) is 23.5 Å². The summed E-state index contributed by atoms with van der Waals surface area (Å²) in [4.78, 5) is 2.32. The van der Waals surface area contributed by atoms with E-state index < -0.39 is 6.10 Å². The van der Waals surface area contributed by atoms with Crippen molar-refractivity contribution in [1.29, 1.82) is 0 Å². The summed E-state index contributed by atoms with van der Waals surface area (Å²) in [6.07, 6.45) is 0.692. The van der Waals surface area contributed by atoms with E-state index in [0.717, 1.165) is 25.1 Å². The number of hydrogen-bond acceptors (Lipinski definition) is 3. The second-order valence-corrected chi connectivity index (χ2v) is 5.57. The summed E-state index contributed by atoms with van der Waals surface area (Å²) in [5.41, 5.74) is 2.33. The summed E-state index contributed by atoms with van der Waals surface area (Å²) in [6.45, 7) is 4.80. The van der Waals surface area contributed by atoms with Gasteiger partial charge in [0, 0.05) is 13.1 Å². The molecule has 2 aromatic rings. The van der Waals surface area contributed by atoms with Crippen LogP contribution in [0.2, 0.25) is 0 Å². The highest BCUT2D eigenvalue weighted by molar-refractivity contribution is 7.07. The van der Waals surface area contributed by atoms with Gasteiger partial charge in [0.1, 0.15) is 0 Å². The van der Waals surface area contributed by atoms with E-state index >= 15 is 0 Å². The fourth-order valence-electron chi connectivity index (χ4n) is 2.22. The Hall–Kier alpha value is -1.16. The van der Waals surface area contributed by atoms with Crippen LogP contribution in [0.4, 0.5) is 0 Å². The SMILES string of the molecule is CCCN(Cc1ccsc1)CC(O)c1ccccc1. The maximum atomic E-state index is 10.3. The number of benzene rings is 1. The molecule has 102 valence electrons. The zero-order valence-corrected chi connectivity index (χ0v) is 12.1. The third kappa shape index (κ3) is 4.46. The standard InChI is InChI=1S/C16H21NOS/c1-2-9-17(11-14-8-10-19-13-14)12-16(18)15-6-4-3-5-7-15/h3-8,10,13,16,18H,2,9,11-12H2,1H3. The van der Waals surface area contributed by atoms with Crippen molar-refractivity contribution in [1.82, 2.24) is 4.90 Å². The second kappa shape index (κ2) is 7.43. The largest absolute Gasteiger partial charge is 0.387 e. The quantitative estimate of drug-likeness (QED) is 0.833. The molecule has 1 atom stereocenters. The lowest BCUT2D eigenvalue weighted by molar-refractivity contribution is 0.109. The van der Waals surface area contributed by atoms with E-state index in [0.29, 0.717) is 6.54 Å². The fraction of sp³-hybridized carbons (Fsp3) is 0.375. The van der Waals surface area contributed by atoms with Crippen molar-refractivity contribution in [3.63, 3.8) is 0 Å². The van der Waals surface area contributed by atoms with Crippen LogP contribution >= 0.6 is 11.3 Å². The number of thiophene rings is 1. The van der Waals surface area contributed by atoms with E-state index in [4.69, 9.17) is 0 Å². The van der Waals surface area contributed by atoms with E-state index in [-0.39, 0.29) is 0 Å². The highest BCUT2D eigenvalue weighted by Gasteiger charge is 2.13. The Morgan fingerprint density at radius 1 is 1.21 bits per heavy atom. The molecule has 19 heavy (non-hydrogen) atoms. The fourth-order valence-corrected chi connectivity index (χ4v) is 2.88. The first-order chi connectivity index (χ1) is 9.29. The van der Waals surface area contributed by atoms with Gasteiger partial charge in [-0.1, -0.05) is 37.3 Å². The Bertz CT molecular complexity index is 455. The Morgan fingerprint density at radius 3 is 2.63 bits per heavy atom. The van der Waals surface area contributed by atoms with Gasteiger partial charge in [-0.2, -0.15) is 11.3 Å². The number of hydrogen-bond donors (Lipinski definition) is 1. The molecule has 0 aliphatic carbocycles. The van der Waals surface area contributed by atoms with Gasteiger partial charge in [0.05, 0.1) is 6.10 Å². The summed E-state index contributed by atoms with van der Waals surface area (Å²) < 4.78 is 0. The number of aliphatic hydroxyl groups excluding tert-OH is 1. The van der Waals surface area contributed by atoms with Crippen LogP contribution in [0, 0.1) is 0 Å². The molecule has 1 aromatic heterocycles. The molecule has 0 radical (unpaired) electrons. The smallest absolute Gasteiger partial charge is 0.0917 e. The van der Waals surface area contributed by atoms with Gasteiger partial charge in [0.25, 0.3) is 0 Å². The van der Waals surface area contributed by atoms with Gasteiger partial charge in [0.2, 0.25) is 0 Å². The number of aliphatic hydroxyl groups is 1. The van der Waals surface area contributed by atoms with Crippen LogP contribution in [0.25, 0.3) is 0 Å². The zero-order valence-electron chi connectivity index (χ0n) is 11.3. The van der Waals surface area contributed by atoms with E-state index in [1.807, 2.05) is 30.3 Å². The molecule has 1 aromatic carbocycles. The summed E-state index contributed by atoms with van der Waals surface area (Å²) >= 11 is 1.73. The minimum absolute atomic E-state index is 0.411. The summed E-state index contributed by atoms with van der Waals surface area (Å²) in [5.74, 6) is 0. The molecule has 1 heterocycles. The third-order valence-electron chi connectivity index (χ3n) is 3.14. The summed E-state index contributed by atoms with van der Waals surface area (Å²) in [5, 5.41) is 14.6. The molecule has 0 amide bonds. The van der Waals surface area contributed by atoms with Gasteiger partial charge >= 0.3 is 0 Å². The molecule has 1 unspecified atom stereocenters. The molecule has 0 aliphatic heterocycles. The van der Waals surface area contributed by atoms with Crippen LogP contribution in [0.1, 0.15) is 30.6 Å². The minimum atomic E-state index is -0.411. The van der Waals surface area contributed by atoms with Crippen LogP contribution < -0.4 is 0 Å². The van der Waals surface area contributed by atoms with Crippen molar-refractivity contribution >= 4 is 11.3 Å². The molecule has 0 spiro atoms. The van der Waals surface area contributed by atoms with Crippen molar-refractivity contribution in [2.75, 3.05) is 13.1 Å². The molecule has 0 bridgehead atoms. The van der Waals surface area contributed by atoms with E-state index in [9.17, 15) is 5.11 Å². The van der Waals surface area contributed by atoms with Crippen LogP contribution in [-0.4, -0.2) is 23.1 Å². The molecule has 1 N–H and O–H groups in total. The lowest BCUT2D eigenvalue weighted by Gasteiger charge is -2.24. The molecular weight excluding hydrogens is 254 g/mol. The average Bonchev–Trinajstić information content (AvgIpc) is 2.93. The second-order valence-electron chi connectivity index (χ2n) is 4.79. The van der Waals surface area contributed by atoms with E-state index in [2.05, 4.69) is 28.7 Å². The Balaban J connectivity index is 1.96. The Kier molecular flexibility index (Phi) is 5.58. The molecule has 2 nitrogen and oxygen atoms in total. The van der Waals surface area contributed by atoms with Crippen LogP contribution in [-0.2, 0) is 6.54 Å². The van der Waals surface area contributed by atoms with Crippen molar-refractivity contribution in [2.24, 2.45) is 0 Å². The molecule has 0 aliphatic rings. The highest BCUT2D eigenvalue weighted by Crippen LogP contribution is 2.16. The minimum Gasteiger partial charge on any atom is -0.387 e. The van der Waals surface area contributed by atoms with Gasteiger partial charge in [0.15, 0.2) is 0 Å². The number of nitrogens with zero attached hydrogens (tertiary/aromatic N) is 1. The van der Waals surface area contributed by atoms with Gasteiger partial charge in [-0.3, -0.25) is 4.90 Å². The first-order valence-electron chi connectivity index (χ1n) is 6.76. The third-order valence-corrected chi connectivity index (χ3v) is 3.87. The number of rotatable bonds is 7. The maximum absolute atomic E-state index is 10.3. The van der Waals surface area contributed by atoms with Crippen molar-refractivity contribution in [3.8, 4) is 0 Å². The molecule has 0 saturated heterocycles. The molecule has 3 heteroatoms. The lowest BCUT2D eigenvalue weighted by Crippen LogP contribution is -2.29. The van der Waals surface area contributed by atoms with Crippen molar-refractivity contribution in [2.45, 2.75) is 26.0 Å². The predicted octanol–water partition coefficient (Wildman–Crippen LogP) is 3.69. The molecular formula is C16H21NOS. The Morgan fingerprint density at radius 2 is 2.00 bits per heavy atom. The van der Waals surface area contributed by atoms with Crippen LogP contribution in [0.3, 0.4) is 0 Å². The monoisotopic (exact) mass is 275 g/mol. The highest BCUT2D eigenvalue weighted by atomic mass is 32.1. The van der Waals surface area contributed by atoms with Crippen LogP contribution in [0.5, 0.6) is 0 Å². The molecule has 0 fully saturated rings. The first kappa shape index (κ1) is 14.3. The summed E-state index contributed by atoms with van der Waals surface area (Å²) in [7, 11) is 0. The lowest BCUT2D eigenvalue weighted by atomic mass is 10.1. The van der Waals surface area contributed by atoms with Crippen LogP contribution in [0.15, 0.2) is 47.2 Å². The maximum Gasteiger partial charge on any atom is 0.0917 e. The van der Waals surface area contributed by atoms with Gasteiger partial charge in [-0.05, 0) is 40.9 Å².